The molecule has 0 bridgehead atoms. The normalized spacial score (nSPS) is 26.6. The summed E-state index contributed by atoms with van der Waals surface area (Å²) in [5.41, 5.74) is 2.96. The fraction of sp³-hybridized carbons (Fsp3) is 0.533. The molecule has 3 aliphatic rings. The molecular formula is C15H19N3S2. The zero-order valence-electron chi connectivity index (χ0n) is 11.5. The number of likely N-dealkylation sites (tertiary alicyclic amines) is 1. The molecule has 1 saturated heterocycles. The lowest BCUT2D eigenvalue weighted by Gasteiger charge is -2.30. The summed E-state index contributed by atoms with van der Waals surface area (Å²) in [6, 6.07) is 2.91. The second-order valence-corrected chi connectivity index (χ2v) is 7.20. The third kappa shape index (κ3) is 2.32. The van der Waals surface area contributed by atoms with Gasteiger partial charge in [0, 0.05) is 31.4 Å². The van der Waals surface area contributed by atoms with Crippen LogP contribution in [0.3, 0.4) is 0 Å². The molecule has 106 valence electrons. The first-order valence-corrected chi connectivity index (χ1v) is 9.18. The molecule has 3 nitrogen and oxygen atoms in total. The molecule has 0 saturated carbocycles. The first kappa shape index (κ1) is 12.9. The minimum atomic E-state index is 0.623. The van der Waals surface area contributed by atoms with E-state index in [1.807, 2.05) is 11.3 Å². The number of nitrogens with zero attached hydrogens (tertiary/aromatic N) is 3. The molecule has 1 aromatic heterocycles. The lowest BCUT2D eigenvalue weighted by molar-refractivity contribution is 0.261. The molecule has 0 N–H and O–H groups in total. The molecule has 1 aromatic rings. The van der Waals surface area contributed by atoms with Crippen molar-refractivity contribution < 1.29 is 0 Å². The molecule has 0 spiro atoms. The number of thioether (sulfide) groups is 1. The average Bonchev–Trinajstić information content (AvgIpc) is 3.19. The summed E-state index contributed by atoms with van der Waals surface area (Å²) in [5, 5.41) is 8.05. The lowest BCUT2D eigenvalue weighted by Crippen LogP contribution is -2.35. The van der Waals surface area contributed by atoms with E-state index in [2.05, 4.69) is 37.0 Å². The highest BCUT2D eigenvalue weighted by Crippen LogP contribution is 2.36. The van der Waals surface area contributed by atoms with E-state index in [4.69, 9.17) is 0 Å². The first-order valence-electron chi connectivity index (χ1n) is 7.35. The van der Waals surface area contributed by atoms with Crippen molar-refractivity contribution in [2.45, 2.75) is 25.3 Å². The standard InChI is InChI=1S/C15H19N3S2/c1-3-14(12-4-8-19-10-12)17(6-1)9-13-11-20-15-16-5-2-7-18(13)15/h4,8,10-11,14H,1-3,5-7,9H2/t14-/m0/s1. The minimum Gasteiger partial charge on any atom is -0.323 e. The van der Waals surface area contributed by atoms with Crippen LogP contribution in [0.15, 0.2) is 32.9 Å². The zero-order chi connectivity index (χ0) is 13.4. The van der Waals surface area contributed by atoms with Crippen LogP contribution in [-0.4, -0.2) is 41.1 Å². The van der Waals surface area contributed by atoms with Gasteiger partial charge in [-0.15, -0.1) is 0 Å². The van der Waals surface area contributed by atoms with Gasteiger partial charge in [-0.05, 0) is 53.6 Å². The molecule has 0 aliphatic carbocycles. The van der Waals surface area contributed by atoms with Gasteiger partial charge < -0.3 is 4.90 Å². The quantitative estimate of drug-likeness (QED) is 0.851. The van der Waals surface area contributed by atoms with E-state index in [1.54, 1.807) is 11.8 Å². The second kappa shape index (κ2) is 5.54. The zero-order valence-corrected chi connectivity index (χ0v) is 13.1. The molecule has 4 rings (SSSR count). The summed E-state index contributed by atoms with van der Waals surface area (Å²) in [4.78, 5) is 9.69. The van der Waals surface area contributed by atoms with Gasteiger partial charge in [0.2, 0.25) is 0 Å². The summed E-state index contributed by atoms with van der Waals surface area (Å²) in [7, 11) is 0. The Labute approximate surface area is 128 Å². The van der Waals surface area contributed by atoms with Gasteiger partial charge in [-0.3, -0.25) is 9.89 Å². The number of thiophene rings is 1. The Morgan fingerprint density at radius 2 is 2.30 bits per heavy atom. The Morgan fingerprint density at radius 1 is 1.30 bits per heavy atom. The van der Waals surface area contributed by atoms with Gasteiger partial charge in [-0.1, -0.05) is 11.8 Å². The van der Waals surface area contributed by atoms with E-state index in [1.165, 1.54) is 42.2 Å². The van der Waals surface area contributed by atoms with E-state index in [0.29, 0.717) is 6.04 Å². The van der Waals surface area contributed by atoms with Crippen molar-refractivity contribution in [3.05, 3.63) is 33.5 Å². The number of fused-ring (bicyclic) bond motifs is 1. The molecule has 0 amide bonds. The van der Waals surface area contributed by atoms with Crippen LogP contribution in [0.25, 0.3) is 0 Å². The summed E-state index contributed by atoms with van der Waals surface area (Å²) in [6.45, 7) is 4.45. The molecule has 3 aliphatic heterocycles. The highest BCUT2D eigenvalue weighted by molar-refractivity contribution is 8.16. The number of aliphatic imine (C=N–C) groups is 1. The van der Waals surface area contributed by atoms with E-state index >= 15 is 0 Å². The van der Waals surface area contributed by atoms with E-state index in [-0.39, 0.29) is 0 Å². The molecule has 20 heavy (non-hydrogen) atoms. The second-order valence-electron chi connectivity index (χ2n) is 5.58. The molecular weight excluding hydrogens is 286 g/mol. The molecule has 1 fully saturated rings. The maximum absolute atomic E-state index is 4.62. The van der Waals surface area contributed by atoms with Crippen molar-refractivity contribution in [3.8, 4) is 0 Å². The van der Waals surface area contributed by atoms with Gasteiger partial charge in [0.05, 0.1) is 0 Å². The Kier molecular flexibility index (Phi) is 3.58. The molecule has 0 unspecified atom stereocenters. The molecule has 4 heterocycles. The van der Waals surface area contributed by atoms with Crippen LogP contribution < -0.4 is 0 Å². The Morgan fingerprint density at radius 3 is 3.20 bits per heavy atom. The summed E-state index contributed by atoms with van der Waals surface area (Å²) in [6.07, 6.45) is 3.81. The Bertz CT molecular complexity index is 535. The summed E-state index contributed by atoms with van der Waals surface area (Å²) >= 11 is 3.62. The maximum atomic E-state index is 4.62. The molecule has 5 heteroatoms. The van der Waals surface area contributed by atoms with Crippen molar-refractivity contribution >= 4 is 28.3 Å². The predicted octanol–water partition coefficient (Wildman–Crippen LogP) is 3.53. The highest BCUT2D eigenvalue weighted by atomic mass is 32.2. The van der Waals surface area contributed by atoms with Crippen LogP contribution >= 0.6 is 23.1 Å². The fourth-order valence-electron chi connectivity index (χ4n) is 3.32. The van der Waals surface area contributed by atoms with Crippen molar-refractivity contribution in [1.82, 2.24) is 9.80 Å². The highest BCUT2D eigenvalue weighted by Gasteiger charge is 2.31. The molecule has 0 radical (unpaired) electrons. The van der Waals surface area contributed by atoms with Gasteiger partial charge in [-0.2, -0.15) is 11.3 Å². The predicted molar refractivity (Wildman–Crippen MR) is 87.2 cm³/mol. The first-order chi connectivity index (χ1) is 9.92. The fourth-order valence-corrected chi connectivity index (χ4v) is 4.98. The van der Waals surface area contributed by atoms with Crippen LogP contribution in [0.4, 0.5) is 0 Å². The largest absolute Gasteiger partial charge is 0.323 e. The van der Waals surface area contributed by atoms with E-state index < -0.39 is 0 Å². The topological polar surface area (TPSA) is 18.8 Å². The lowest BCUT2D eigenvalue weighted by atomic mass is 10.1. The van der Waals surface area contributed by atoms with Crippen molar-refractivity contribution in [1.29, 1.82) is 0 Å². The van der Waals surface area contributed by atoms with Gasteiger partial charge in [0.25, 0.3) is 0 Å². The number of rotatable bonds is 3. The van der Waals surface area contributed by atoms with Crippen molar-refractivity contribution in [2.75, 3.05) is 26.2 Å². The van der Waals surface area contributed by atoms with Gasteiger partial charge in [-0.25, -0.2) is 0 Å². The minimum absolute atomic E-state index is 0.623. The van der Waals surface area contributed by atoms with Crippen LogP contribution in [0.5, 0.6) is 0 Å². The number of hydrogen-bond donors (Lipinski definition) is 0. The van der Waals surface area contributed by atoms with Crippen LogP contribution in [-0.2, 0) is 0 Å². The SMILES string of the molecule is C1=C(CN2CCC[C@H]2c2ccsc2)N2CCCN=C2S1. The molecule has 0 aromatic carbocycles. The Balaban J connectivity index is 1.49. The number of amidine groups is 1. The third-order valence-electron chi connectivity index (χ3n) is 4.32. The van der Waals surface area contributed by atoms with Crippen molar-refractivity contribution in [2.24, 2.45) is 4.99 Å². The monoisotopic (exact) mass is 305 g/mol. The van der Waals surface area contributed by atoms with E-state index in [9.17, 15) is 0 Å². The third-order valence-corrected chi connectivity index (χ3v) is 5.97. The Hall–Kier alpha value is -0.780. The van der Waals surface area contributed by atoms with Gasteiger partial charge in [0.15, 0.2) is 5.17 Å². The van der Waals surface area contributed by atoms with Gasteiger partial charge in [0.1, 0.15) is 0 Å². The number of hydrogen-bond acceptors (Lipinski definition) is 5. The van der Waals surface area contributed by atoms with Crippen molar-refractivity contribution in [3.63, 3.8) is 0 Å². The van der Waals surface area contributed by atoms with Crippen LogP contribution in [0, 0.1) is 0 Å². The average molecular weight is 305 g/mol. The van der Waals surface area contributed by atoms with Crippen LogP contribution in [0.1, 0.15) is 30.9 Å². The molecule has 1 atom stereocenters. The summed E-state index contributed by atoms with van der Waals surface area (Å²) < 4.78 is 0. The van der Waals surface area contributed by atoms with Crippen LogP contribution in [0.2, 0.25) is 0 Å². The summed E-state index contributed by atoms with van der Waals surface area (Å²) in [5.74, 6) is 0. The smallest absolute Gasteiger partial charge is 0.167 e. The van der Waals surface area contributed by atoms with E-state index in [0.717, 1.165) is 19.6 Å². The maximum Gasteiger partial charge on any atom is 0.167 e. The van der Waals surface area contributed by atoms with Gasteiger partial charge >= 0.3 is 0 Å².